The minimum absolute atomic E-state index is 0.286. The molecule has 0 radical (unpaired) electrons. The Balaban J connectivity index is 2.61. The van der Waals surface area contributed by atoms with Crippen LogP contribution in [-0.2, 0) is 0 Å². The summed E-state index contributed by atoms with van der Waals surface area (Å²) < 4.78 is 0.286. The monoisotopic (exact) mass is 282 g/mol. The van der Waals surface area contributed by atoms with E-state index in [1.165, 1.54) is 0 Å². The molecule has 0 fully saturated rings. The maximum atomic E-state index is 4.52. The van der Waals surface area contributed by atoms with Gasteiger partial charge in [-0.05, 0) is 25.5 Å². The first-order valence-electron chi connectivity index (χ1n) is 7.04. The summed E-state index contributed by atoms with van der Waals surface area (Å²) in [5.41, 5.74) is 0. The van der Waals surface area contributed by atoms with Crippen LogP contribution in [-0.4, -0.2) is 34.1 Å². The first kappa shape index (κ1) is 16.1. The van der Waals surface area contributed by atoms with Crippen LogP contribution in [0.4, 0.5) is 11.6 Å². The van der Waals surface area contributed by atoms with Crippen molar-refractivity contribution in [3.05, 3.63) is 12.4 Å². The van der Waals surface area contributed by atoms with Gasteiger partial charge in [-0.2, -0.15) is 11.8 Å². The van der Waals surface area contributed by atoms with E-state index >= 15 is 0 Å². The SMILES string of the molecule is CCCNc1cncc(NCC(CC)(CC)SC)n1. The number of aromatic nitrogens is 2. The second-order valence-corrected chi connectivity index (χ2v) is 5.94. The van der Waals surface area contributed by atoms with Gasteiger partial charge in [0.1, 0.15) is 11.6 Å². The summed E-state index contributed by atoms with van der Waals surface area (Å²) >= 11 is 1.93. The summed E-state index contributed by atoms with van der Waals surface area (Å²) in [6.07, 6.45) is 9.12. The smallest absolute Gasteiger partial charge is 0.147 e. The minimum Gasteiger partial charge on any atom is -0.369 e. The Morgan fingerprint density at radius 3 is 2.26 bits per heavy atom. The van der Waals surface area contributed by atoms with Gasteiger partial charge < -0.3 is 10.6 Å². The second kappa shape index (κ2) is 8.25. The van der Waals surface area contributed by atoms with Gasteiger partial charge >= 0.3 is 0 Å². The van der Waals surface area contributed by atoms with Crippen LogP contribution in [0, 0.1) is 0 Å². The van der Waals surface area contributed by atoms with E-state index in [1.807, 2.05) is 11.8 Å². The van der Waals surface area contributed by atoms with E-state index < -0.39 is 0 Å². The zero-order valence-corrected chi connectivity index (χ0v) is 13.3. The van der Waals surface area contributed by atoms with Crippen LogP contribution < -0.4 is 10.6 Å². The molecule has 0 saturated heterocycles. The van der Waals surface area contributed by atoms with Crippen molar-refractivity contribution in [1.29, 1.82) is 0 Å². The molecule has 4 nitrogen and oxygen atoms in total. The molecule has 1 aromatic heterocycles. The Hall–Kier alpha value is -0.970. The molecule has 0 unspecified atom stereocenters. The van der Waals surface area contributed by atoms with Gasteiger partial charge in [0.15, 0.2) is 0 Å². The van der Waals surface area contributed by atoms with Gasteiger partial charge in [-0.3, -0.25) is 4.98 Å². The molecular formula is C14H26N4S. The third kappa shape index (κ3) is 4.90. The van der Waals surface area contributed by atoms with Crippen LogP contribution in [0.5, 0.6) is 0 Å². The van der Waals surface area contributed by atoms with Gasteiger partial charge in [0.25, 0.3) is 0 Å². The van der Waals surface area contributed by atoms with E-state index in [1.54, 1.807) is 12.4 Å². The van der Waals surface area contributed by atoms with Crippen LogP contribution in [0.2, 0.25) is 0 Å². The first-order chi connectivity index (χ1) is 9.19. The molecule has 2 N–H and O–H groups in total. The molecule has 0 aliphatic heterocycles. The molecule has 1 aromatic rings. The zero-order valence-electron chi connectivity index (χ0n) is 12.5. The standard InChI is InChI=1S/C14H26N4S/c1-5-8-16-12-9-15-10-13(18-12)17-11-14(6-2,7-3)19-4/h9-10H,5-8,11H2,1-4H3,(H2,16,17,18). The Bertz CT molecular complexity index is 358. The summed E-state index contributed by atoms with van der Waals surface area (Å²) in [7, 11) is 0. The number of nitrogens with one attached hydrogen (secondary N) is 2. The van der Waals surface area contributed by atoms with E-state index in [0.717, 1.165) is 44.0 Å². The average Bonchev–Trinajstić information content (AvgIpc) is 2.47. The van der Waals surface area contributed by atoms with Gasteiger partial charge in [-0.25, -0.2) is 4.98 Å². The summed E-state index contributed by atoms with van der Waals surface area (Å²) in [6, 6.07) is 0. The number of nitrogens with zero attached hydrogens (tertiary/aromatic N) is 2. The lowest BCUT2D eigenvalue weighted by Crippen LogP contribution is -2.32. The van der Waals surface area contributed by atoms with Crippen molar-refractivity contribution >= 4 is 23.4 Å². The van der Waals surface area contributed by atoms with Crippen molar-refractivity contribution in [3.63, 3.8) is 0 Å². The van der Waals surface area contributed by atoms with E-state index in [9.17, 15) is 0 Å². The van der Waals surface area contributed by atoms with Crippen LogP contribution in [0.25, 0.3) is 0 Å². The highest BCUT2D eigenvalue weighted by molar-refractivity contribution is 8.00. The molecule has 0 amide bonds. The lowest BCUT2D eigenvalue weighted by atomic mass is 10.0. The number of rotatable bonds is 9. The second-order valence-electron chi connectivity index (χ2n) is 4.66. The number of hydrogen-bond donors (Lipinski definition) is 2. The van der Waals surface area contributed by atoms with Crippen molar-refractivity contribution in [1.82, 2.24) is 9.97 Å². The highest BCUT2D eigenvalue weighted by atomic mass is 32.2. The Morgan fingerprint density at radius 1 is 1.11 bits per heavy atom. The maximum absolute atomic E-state index is 4.52. The van der Waals surface area contributed by atoms with Crippen molar-refractivity contribution in [2.45, 2.75) is 44.8 Å². The largest absolute Gasteiger partial charge is 0.369 e. The van der Waals surface area contributed by atoms with Gasteiger partial charge in [-0.1, -0.05) is 20.8 Å². The molecule has 19 heavy (non-hydrogen) atoms. The molecule has 0 aliphatic rings. The molecule has 0 aromatic carbocycles. The van der Waals surface area contributed by atoms with E-state index in [-0.39, 0.29) is 4.75 Å². The number of thioether (sulfide) groups is 1. The fourth-order valence-corrected chi connectivity index (χ4v) is 2.70. The third-order valence-electron chi connectivity index (χ3n) is 3.50. The normalized spacial score (nSPS) is 11.4. The van der Waals surface area contributed by atoms with Crippen LogP contribution in [0.15, 0.2) is 12.4 Å². The molecule has 108 valence electrons. The van der Waals surface area contributed by atoms with Gasteiger partial charge in [0, 0.05) is 17.8 Å². The number of anilines is 2. The molecule has 0 aliphatic carbocycles. The van der Waals surface area contributed by atoms with Gasteiger partial charge in [-0.15, -0.1) is 0 Å². The third-order valence-corrected chi connectivity index (χ3v) is 5.09. The first-order valence-corrected chi connectivity index (χ1v) is 8.27. The molecule has 1 rings (SSSR count). The summed E-state index contributed by atoms with van der Waals surface area (Å²) in [6.45, 7) is 8.47. The molecule has 0 saturated carbocycles. The van der Waals surface area contributed by atoms with E-state index in [0.29, 0.717) is 0 Å². The van der Waals surface area contributed by atoms with Crippen LogP contribution in [0.1, 0.15) is 40.0 Å². The topological polar surface area (TPSA) is 49.8 Å². The lowest BCUT2D eigenvalue weighted by Gasteiger charge is -2.30. The minimum atomic E-state index is 0.286. The summed E-state index contributed by atoms with van der Waals surface area (Å²) in [4.78, 5) is 8.74. The van der Waals surface area contributed by atoms with Gasteiger partial charge in [0.2, 0.25) is 0 Å². The average molecular weight is 282 g/mol. The number of hydrogen-bond acceptors (Lipinski definition) is 5. The molecule has 0 atom stereocenters. The summed E-state index contributed by atoms with van der Waals surface area (Å²) in [5.74, 6) is 1.69. The van der Waals surface area contributed by atoms with Crippen LogP contribution >= 0.6 is 11.8 Å². The van der Waals surface area contributed by atoms with Crippen molar-refractivity contribution in [3.8, 4) is 0 Å². The summed E-state index contributed by atoms with van der Waals surface area (Å²) in [5, 5.41) is 6.68. The van der Waals surface area contributed by atoms with Crippen molar-refractivity contribution < 1.29 is 0 Å². The van der Waals surface area contributed by atoms with E-state index in [2.05, 4.69) is 47.6 Å². The van der Waals surface area contributed by atoms with Crippen LogP contribution in [0.3, 0.4) is 0 Å². The fourth-order valence-electron chi connectivity index (χ4n) is 1.90. The zero-order chi connectivity index (χ0) is 14.1. The predicted octanol–water partition coefficient (Wildman–Crippen LogP) is 3.63. The van der Waals surface area contributed by atoms with Crippen molar-refractivity contribution in [2.75, 3.05) is 30.0 Å². The molecule has 1 heterocycles. The van der Waals surface area contributed by atoms with E-state index in [4.69, 9.17) is 0 Å². The fraction of sp³-hybridized carbons (Fsp3) is 0.714. The highest BCUT2D eigenvalue weighted by Gasteiger charge is 2.24. The molecular weight excluding hydrogens is 256 g/mol. The Morgan fingerprint density at radius 2 is 1.74 bits per heavy atom. The van der Waals surface area contributed by atoms with Gasteiger partial charge in [0.05, 0.1) is 12.4 Å². The van der Waals surface area contributed by atoms with Crippen molar-refractivity contribution in [2.24, 2.45) is 0 Å². The predicted molar refractivity (Wildman–Crippen MR) is 86.1 cm³/mol. The lowest BCUT2D eigenvalue weighted by molar-refractivity contribution is 0.574. The molecule has 5 heteroatoms. The Kier molecular flexibility index (Phi) is 6.99. The maximum Gasteiger partial charge on any atom is 0.147 e. The molecule has 0 bridgehead atoms. The Labute approximate surface area is 121 Å². The highest BCUT2D eigenvalue weighted by Crippen LogP contribution is 2.30. The quantitative estimate of drug-likeness (QED) is 0.724. The molecule has 0 spiro atoms.